The topological polar surface area (TPSA) is 55.2 Å². The Balaban J connectivity index is 1.98. The number of hydrogen-bond acceptors (Lipinski definition) is 3. The van der Waals surface area contributed by atoms with Gasteiger partial charge in [-0.05, 0) is 38.2 Å². The SMILES string of the molecule is CCCC1CCCC(Nc2ccc(C)c([N+](=O)[O-])c2)CC1. The molecule has 21 heavy (non-hydrogen) atoms. The van der Waals surface area contributed by atoms with Gasteiger partial charge in [0.25, 0.3) is 5.69 Å². The first-order chi connectivity index (χ1) is 10.1. The predicted octanol–water partition coefficient (Wildman–Crippen LogP) is 5.06. The third kappa shape index (κ3) is 4.45. The molecule has 0 aliphatic heterocycles. The van der Waals surface area contributed by atoms with Gasteiger partial charge in [0.15, 0.2) is 0 Å². The molecule has 0 heterocycles. The van der Waals surface area contributed by atoms with Crippen molar-refractivity contribution in [1.82, 2.24) is 0 Å². The fourth-order valence-electron chi connectivity index (χ4n) is 3.35. The Kier molecular flexibility index (Phi) is 5.59. The van der Waals surface area contributed by atoms with Crippen molar-refractivity contribution in [2.24, 2.45) is 5.92 Å². The van der Waals surface area contributed by atoms with Crippen molar-refractivity contribution in [3.05, 3.63) is 33.9 Å². The lowest BCUT2D eigenvalue weighted by Crippen LogP contribution is -2.18. The maximum Gasteiger partial charge on any atom is 0.274 e. The van der Waals surface area contributed by atoms with E-state index in [2.05, 4.69) is 12.2 Å². The number of nitrogens with zero attached hydrogens (tertiary/aromatic N) is 1. The number of hydrogen-bond donors (Lipinski definition) is 1. The second-order valence-corrected chi connectivity index (χ2v) is 6.26. The van der Waals surface area contributed by atoms with Gasteiger partial charge >= 0.3 is 0 Å². The zero-order valence-corrected chi connectivity index (χ0v) is 13.1. The zero-order chi connectivity index (χ0) is 15.2. The molecule has 0 spiro atoms. The molecule has 0 bridgehead atoms. The molecule has 1 aliphatic carbocycles. The van der Waals surface area contributed by atoms with Crippen molar-refractivity contribution >= 4 is 11.4 Å². The highest BCUT2D eigenvalue weighted by Gasteiger charge is 2.19. The molecule has 1 aromatic rings. The highest BCUT2D eigenvalue weighted by molar-refractivity contribution is 5.55. The smallest absolute Gasteiger partial charge is 0.274 e. The van der Waals surface area contributed by atoms with Gasteiger partial charge in [-0.25, -0.2) is 0 Å². The van der Waals surface area contributed by atoms with Gasteiger partial charge in [0.05, 0.1) is 4.92 Å². The summed E-state index contributed by atoms with van der Waals surface area (Å²) >= 11 is 0. The van der Waals surface area contributed by atoms with Gasteiger partial charge in [-0.15, -0.1) is 0 Å². The van der Waals surface area contributed by atoms with Crippen LogP contribution in [0.3, 0.4) is 0 Å². The van der Waals surface area contributed by atoms with E-state index < -0.39 is 0 Å². The molecule has 1 saturated carbocycles. The average Bonchev–Trinajstić information content (AvgIpc) is 2.67. The van der Waals surface area contributed by atoms with Crippen LogP contribution in [0.5, 0.6) is 0 Å². The van der Waals surface area contributed by atoms with E-state index in [9.17, 15) is 10.1 Å². The van der Waals surface area contributed by atoms with Gasteiger partial charge in [-0.3, -0.25) is 10.1 Å². The largest absolute Gasteiger partial charge is 0.382 e. The third-order valence-electron chi connectivity index (χ3n) is 4.56. The molecule has 1 fully saturated rings. The standard InChI is InChI=1S/C17H26N2O2/c1-3-5-14-6-4-7-15(11-9-14)18-16-10-8-13(2)17(12-16)19(20)21/h8,10,12,14-15,18H,3-7,9,11H2,1-2H3. The molecule has 2 atom stereocenters. The molecule has 2 rings (SSSR count). The fourth-order valence-corrected chi connectivity index (χ4v) is 3.35. The van der Waals surface area contributed by atoms with Gasteiger partial charge in [-0.1, -0.05) is 38.7 Å². The van der Waals surface area contributed by atoms with Gasteiger partial charge in [0.1, 0.15) is 0 Å². The van der Waals surface area contributed by atoms with E-state index in [1.54, 1.807) is 13.0 Å². The number of benzene rings is 1. The molecule has 116 valence electrons. The molecule has 4 heteroatoms. The Morgan fingerprint density at radius 3 is 2.81 bits per heavy atom. The van der Waals surface area contributed by atoms with Crippen LogP contribution in [0, 0.1) is 23.0 Å². The molecule has 0 aromatic heterocycles. The van der Waals surface area contributed by atoms with E-state index in [0.29, 0.717) is 6.04 Å². The molecule has 1 aromatic carbocycles. The van der Waals surface area contributed by atoms with E-state index in [1.165, 1.54) is 44.9 Å². The van der Waals surface area contributed by atoms with Crippen LogP contribution >= 0.6 is 0 Å². The summed E-state index contributed by atoms with van der Waals surface area (Å²) in [5, 5.41) is 14.5. The van der Waals surface area contributed by atoms with Crippen LogP contribution in [0.2, 0.25) is 0 Å². The Bertz CT molecular complexity index is 488. The van der Waals surface area contributed by atoms with Crippen LogP contribution < -0.4 is 5.32 Å². The maximum absolute atomic E-state index is 11.0. The minimum absolute atomic E-state index is 0.206. The summed E-state index contributed by atoms with van der Waals surface area (Å²) in [5.41, 5.74) is 1.80. The molecule has 0 saturated heterocycles. The van der Waals surface area contributed by atoms with Gasteiger partial charge in [0, 0.05) is 23.4 Å². The molecular formula is C17H26N2O2. The lowest BCUT2D eigenvalue weighted by Gasteiger charge is -2.18. The number of nitrogens with one attached hydrogen (secondary N) is 1. The number of anilines is 1. The Labute approximate surface area is 127 Å². The second kappa shape index (κ2) is 7.43. The van der Waals surface area contributed by atoms with E-state index in [-0.39, 0.29) is 10.6 Å². The minimum Gasteiger partial charge on any atom is -0.382 e. The summed E-state index contributed by atoms with van der Waals surface area (Å²) in [6.45, 7) is 4.04. The van der Waals surface area contributed by atoms with Crippen LogP contribution in [0.4, 0.5) is 11.4 Å². The van der Waals surface area contributed by atoms with Crippen LogP contribution in [0.25, 0.3) is 0 Å². The van der Waals surface area contributed by atoms with Gasteiger partial charge in [0.2, 0.25) is 0 Å². The Morgan fingerprint density at radius 2 is 2.10 bits per heavy atom. The van der Waals surface area contributed by atoms with Crippen molar-refractivity contribution in [2.75, 3.05) is 5.32 Å². The molecule has 1 N–H and O–H groups in total. The van der Waals surface area contributed by atoms with Crippen LogP contribution in [0.15, 0.2) is 18.2 Å². The molecule has 0 amide bonds. The molecule has 4 nitrogen and oxygen atoms in total. The highest BCUT2D eigenvalue weighted by atomic mass is 16.6. The summed E-state index contributed by atoms with van der Waals surface area (Å²) in [7, 11) is 0. The summed E-state index contributed by atoms with van der Waals surface area (Å²) < 4.78 is 0. The van der Waals surface area contributed by atoms with Crippen LogP contribution in [-0.2, 0) is 0 Å². The van der Waals surface area contributed by atoms with Crippen molar-refractivity contribution in [2.45, 2.75) is 64.8 Å². The summed E-state index contributed by atoms with van der Waals surface area (Å²) in [6, 6.07) is 5.91. The van der Waals surface area contributed by atoms with Gasteiger partial charge < -0.3 is 5.32 Å². The third-order valence-corrected chi connectivity index (χ3v) is 4.56. The monoisotopic (exact) mass is 290 g/mol. The Hall–Kier alpha value is -1.58. The van der Waals surface area contributed by atoms with Crippen molar-refractivity contribution in [1.29, 1.82) is 0 Å². The maximum atomic E-state index is 11.0. The molecule has 1 aliphatic rings. The lowest BCUT2D eigenvalue weighted by atomic mass is 9.95. The number of rotatable bonds is 5. The van der Waals surface area contributed by atoms with Crippen LogP contribution in [0.1, 0.15) is 57.4 Å². The minimum atomic E-state index is -0.301. The zero-order valence-electron chi connectivity index (χ0n) is 13.1. The molecule has 0 radical (unpaired) electrons. The first-order valence-corrected chi connectivity index (χ1v) is 8.11. The van der Waals surface area contributed by atoms with E-state index >= 15 is 0 Å². The first kappa shape index (κ1) is 15.8. The first-order valence-electron chi connectivity index (χ1n) is 8.11. The highest BCUT2D eigenvalue weighted by Crippen LogP contribution is 2.29. The second-order valence-electron chi connectivity index (χ2n) is 6.26. The fraction of sp³-hybridized carbons (Fsp3) is 0.647. The quantitative estimate of drug-likeness (QED) is 0.468. The average molecular weight is 290 g/mol. The lowest BCUT2D eigenvalue weighted by molar-refractivity contribution is -0.385. The number of aryl methyl sites for hydroxylation is 1. The number of nitro benzene ring substituents is 1. The molecular weight excluding hydrogens is 264 g/mol. The van der Waals surface area contributed by atoms with Crippen molar-refractivity contribution < 1.29 is 4.92 Å². The van der Waals surface area contributed by atoms with Crippen molar-refractivity contribution in [3.63, 3.8) is 0 Å². The van der Waals surface area contributed by atoms with E-state index in [0.717, 1.165) is 17.2 Å². The van der Waals surface area contributed by atoms with E-state index in [1.807, 2.05) is 12.1 Å². The van der Waals surface area contributed by atoms with Gasteiger partial charge in [-0.2, -0.15) is 0 Å². The number of nitro groups is 1. The van der Waals surface area contributed by atoms with E-state index in [4.69, 9.17) is 0 Å². The summed E-state index contributed by atoms with van der Waals surface area (Å²) in [6.07, 6.45) is 8.82. The summed E-state index contributed by atoms with van der Waals surface area (Å²) in [5.74, 6) is 0.870. The van der Waals surface area contributed by atoms with Crippen LogP contribution in [-0.4, -0.2) is 11.0 Å². The molecule has 2 unspecified atom stereocenters. The Morgan fingerprint density at radius 1 is 1.29 bits per heavy atom. The normalized spacial score (nSPS) is 22.6. The predicted molar refractivity (Wildman–Crippen MR) is 86.7 cm³/mol. The van der Waals surface area contributed by atoms with Crippen molar-refractivity contribution in [3.8, 4) is 0 Å². The summed E-state index contributed by atoms with van der Waals surface area (Å²) in [4.78, 5) is 10.7.